The lowest BCUT2D eigenvalue weighted by Crippen LogP contribution is -2.59. The van der Waals surface area contributed by atoms with E-state index < -0.39 is 5.41 Å². The summed E-state index contributed by atoms with van der Waals surface area (Å²) in [5.41, 5.74) is 2.12. The van der Waals surface area contributed by atoms with E-state index in [1.807, 2.05) is 6.07 Å². The molecular formula is C22H28BNO3. The van der Waals surface area contributed by atoms with E-state index in [2.05, 4.69) is 13.0 Å². The van der Waals surface area contributed by atoms with Crippen LogP contribution in [0.5, 0.6) is 5.75 Å². The molecule has 2 fully saturated rings. The number of fused-ring (bicyclic) bond motifs is 5. The van der Waals surface area contributed by atoms with E-state index in [1.165, 1.54) is 16.0 Å². The van der Waals surface area contributed by atoms with Crippen molar-refractivity contribution in [2.75, 3.05) is 6.54 Å². The molecule has 142 valence electrons. The summed E-state index contributed by atoms with van der Waals surface area (Å²) in [6.45, 7) is 2.60. The minimum absolute atomic E-state index is 0.00310. The van der Waals surface area contributed by atoms with Crippen molar-refractivity contribution < 1.29 is 14.7 Å². The minimum Gasteiger partial charge on any atom is -0.508 e. The quantitative estimate of drug-likeness (QED) is 0.504. The fourth-order valence-electron chi connectivity index (χ4n) is 5.89. The summed E-state index contributed by atoms with van der Waals surface area (Å²) < 4.78 is 0. The van der Waals surface area contributed by atoms with E-state index >= 15 is 0 Å². The summed E-state index contributed by atoms with van der Waals surface area (Å²) in [4.78, 5) is 27.6. The Morgan fingerprint density at radius 3 is 2.85 bits per heavy atom. The molecule has 4 atom stereocenters. The molecule has 2 amide bonds. The van der Waals surface area contributed by atoms with E-state index in [1.54, 1.807) is 6.07 Å². The van der Waals surface area contributed by atoms with Crippen molar-refractivity contribution in [1.82, 2.24) is 4.90 Å². The molecule has 5 heteroatoms. The van der Waals surface area contributed by atoms with Crippen LogP contribution in [0.25, 0.3) is 0 Å². The summed E-state index contributed by atoms with van der Waals surface area (Å²) in [7, 11) is 5.56. The molecule has 2 radical (unpaired) electrons. The van der Waals surface area contributed by atoms with Crippen LogP contribution >= 0.6 is 0 Å². The van der Waals surface area contributed by atoms with Crippen LogP contribution in [0.4, 0.5) is 0 Å². The van der Waals surface area contributed by atoms with Crippen molar-refractivity contribution >= 4 is 19.7 Å². The monoisotopic (exact) mass is 365 g/mol. The fourth-order valence-corrected chi connectivity index (χ4v) is 5.89. The SMILES string of the molecule is [B]CCCCN1C(=O)CC2C3CCc4cc(O)ccc4C3CC[C@]2(C)C1=O. The molecule has 1 heterocycles. The Hall–Kier alpha value is -1.78. The highest BCUT2D eigenvalue weighted by molar-refractivity contribution is 6.08. The van der Waals surface area contributed by atoms with E-state index in [0.717, 1.165) is 38.5 Å². The first-order valence-electron chi connectivity index (χ1n) is 10.3. The second kappa shape index (κ2) is 6.99. The van der Waals surface area contributed by atoms with Gasteiger partial charge in [0.2, 0.25) is 11.8 Å². The highest BCUT2D eigenvalue weighted by atomic mass is 16.3. The van der Waals surface area contributed by atoms with Crippen LogP contribution in [0.15, 0.2) is 18.2 Å². The Morgan fingerprint density at radius 2 is 2.07 bits per heavy atom. The second-order valence-corrected chi connectivity index (χ2v) is 8.81. The number of likely N-dealkylation sites (tertiary alicyclic amines) is 1. The zero-order valence-corrected chi connectivity index (χ0v) is 16.1. The molecule has 1 aliphatic heterocycles. The van der Waals surface area contributed by atoms with Crippen molar-refractivity contribution in [1.29, 1.82) is 0 Å². The maximum absolute atomic E-state index is 13.3. The summed E-state index contributed by atoms with van der Waals surface area (Å²) >= 11 is 0. The molecule has 1 aromatic rings. The van der Waals surface area contributed by atoms with Crippen LogP contribution in [0.3, 0.4) is 0 Å². The molecular weight excluding hydrogens is 337 g/mol. The van der Waals surface area contributed by atoms with Crippen molar-refractivity contribution in [3.05, 3.63) is 29.3 Å². The van der Waals surface area contributed by atoms with Gasteiger partial charge >= 0.3 is 0 Å². The number of carbonyl (C=O) groups excluding carboxylic acids is 2. The Kier molecular flexibility index (Phi) is 4.81. The van der Waals surface area contributed by atoms with Crippen LogP contribution in [0.2, 0.25) is 6.32 Å². The van der Waals surface area contributed by atoms with Gasteiger partial charge in [-0.15, -0.1) is 0 Å². The number of unbranched alkanes of at least 4 members (excludes halogenated alkanes) is 1. The van der Waals surface area contributed by atoms with Gasteiger partial charge in [-0.25, -0.2) is 0 Å². The zero-order valence-electron chi connectivity index (χ0n) is 16.1. The number of rotatable bonds is 4. The van der Waals surface area contributed by atoms with Gasteiger partial charge in [-0.05, 0) is 73.1 Å². The molecule has 3 unspecified atom stereocenters. The molecule has 1 saturated carbocycles. The second-order valence-electron chi connectivity index (χ2n) is 8.81. The summed E-state index contributed by atoms with van der Waals surface area (Å²) in [5.74, 6) is 1.26. The van der Waals surface area contributed by atoms with Gasteiger partial charge in [-0.2, -0.15) is 0 Å². The lowest BCUT2D eigenvalue weighted by Gasteiger charge is -2.54. The minimum atomic E-state index is -0.424. The number of nitrogens with zero attached hydrogens (tertiary/aromatic N) is 1. The van der Waals surface area contributed by atoms with Gasteiger partial charge in [0.05, 0.1) is 13.3 Å². The van der Waals surface area contributed by atoms with Crippen LogP contribution < -0.4 is 0 Å². The van der Waals surface area contributed by atoms with Gasteiger partial charge in [0.25, 0.3) is 0 Å². The largest absolute Gasteiger partial charge is 0.508 e. The van der Waals surface area contributed by atoms with Gasteiger partial charge in [-0.1, -0.05) is 25.7 Å². The number of benzene rings is 1. The third-order valence-electron chi connectivity index (χ3n) is 7.36. The van der Waals surface area contributed by atoms with Gasteiger partial charge < -0.3 is 5.11 Å². The number of phenols is 1. The van der Waals surface area contributed by atoms with Crippen molar-refractivity contribution in [2.45, 2.75) is 64.1 Å². The number of hydrogen-bond donors (Lipinski definition) is 1. The normalized spacial score (nSPS) is 32.6. The smallest absolute Gasteiger partial charge is 0.235 e. The summed E-state index contributed by atoms with van der Waals surface area (Å²) in [6.07, 6.45) is 6.43. The Bertz CT molecular complexity index is 764. The molecule has 1 saturated heterocycles. The van der Waals surface area contributed by atoms with E-state index in [0.29, 0.717) is 36.9 Å². The molecule has 1 aromatic carbocycles. The molecule has 3 aliphatic rings. The number of piperidine rings is 1. The lowest BCUT2D eigenvalue weighted by atomic mass is 9.52. The number of aromatic hydroxyl groups is 1. The lowest BCUT2D eigenvalue weighted by molar-refractivity contribution is -0.167. The average molecular weight is 365 g/mol. The number of amides is 2. The number of carbonyl (C=O) groups is 2. The Balaban J connectivity index is 1.59. The predicted octanol–water partition coefficient (Wildman–Crippen LogP) is 3.58. The first-order valence-corrected chi connectivity index (χ1v) is 10.3. The topological polar surface area (TPSA) is 57.6 Å². The Morgan fingerprint density at radius 1 is 1.26 bits per heavy atom. The van der Waals surface area contributed by atoms with Crippen LogP contribution in [-0.4, -0.2) is 36.2 Å². The molecule has 0 bridgehead atoms. The fraction of sp³-hybridized carbons (Fsp3) is 0.636. The standard InChI is InChI=1S/C22H28BNO3/c1-22-9-8-17-16-7-5-15(25)12-14(16)4-6-18(17)19(22)13-20(26)24(21(22)27)11-3-2-10-23/h5,7,12,17-19,25H,2-4,6,8-11,13H2,1H3/t17?,18?,19?,22-/m0/s1. The van der Waals surface area contributed by atoms with Crippen molar-refractivity contribution in [3.63, 3.8) is 0 Å². The maximum atomic E-state index is 13.3. The molecule has 4 nitrogen and oxygen atoms in total. The molecule has 1 N–H and O–H groups in total. The summed E-state index contributed by atoms with van der Waals surface area (Å²) in [6, 6.07) is 5.71. The molecule has 2 aliphatic carbocycles. The number of imide groups is 1. The van der Waals surface area contributed by atoms with Gasteiger partial charge in [0.15, 0.2) is 0 Å². The maximum Gasteiger partial charge on any atom is 0.235 e. The highest BCUT2D eigenvalue weighted by Crippen LogP contribution is 2.58. The van der Waals surface area contributed by atoms with Crippen molar-refractivity contribution in [3.8, 4) is 5.75 Å². The van der Waals surface area contributed by atoms with Gasteiger partial charge in [-0.3, -0.25) is 14.5 Å². The van der Waals surface area contributed by atoms with E-state index in [4.69, 9.17) is 7.85 Å². The first kappa shape index (κ1) is 18.6. The van der Waals surface area contributed by atoms with Crippen molar-refractivity contribution in [2.24, 2.45) is 17.3 Å². The van der Waals surface area contributed by atoms with Gasteiger partial charge in [0, 0.05) is 13.0 Å². The number of phenolic OH excluding ortho intramolecular Hbond substituents is 1. The molecule has 27 heavy (non-hydrogen) atoms. The van der Waals surface area contributed by atoms with E-state index in [-0.39, 0.29) is 17.7 Å². The van der Waals surface area contributed by atoms with Crippen LogP contribution in [0.1, 0.15) is 62.5 Å². The number of aryl methyl sites for hydroxylation is 1. The first-order chi connectivity index (χ1) is 13.0. The number of hydrogen-bond acceptors (Lipinski definition) is 3. The van der Waals surface area contributed by atoms with E-state index in [9.17, 15) is 14.7 Å². The summed E-state index contributed by atoms with van der Waals surface area (Å²) in [5, 5.41) is 9.80. The highest BCUT2D eigenvalue weighted by Gasteiger charge is 2.57. The molecule has 0 spiro atoms. The zero-order chi connectivity index (χ0) is 19.2. The molecule has 0 aromatic heterocycles. The third kappa shape index (κ3) is 2.99. The Labute approximate surface area is 162 Å². The predicted molar refractivity (Wildman–Crippen MR) is 105 cm³/mol. The molecule has 4 rings (SSSR count). The van der Waals surface area contributed by atoms with Crippen LogP contribution in [0, 0.1) is 17.3 Å². The average Bonchev–Trinajstić information content (AvgIpc) is 2.65. The van der Waals surface area contributed by atoms with Crippen LogP contribution in [-0.2, 0) is 16.0 Å². The van der Waals surface area contributed by atoms with Gasteiger partial charge in [0.1, 0.15) is 5.75 Å². The third-order valence-corrected chi connectivity index (χ3v) is 7.36.